The maximum atomic E-state index is 9.59. The summed E-state index contributed by atoms with van der Waals surface area (Å²) in [6.45, 7) is 6.70. The molecule has 0 saturated carbocycles. The van der Waals surface area contributed by atoms with Crippen molar-refractivity contribution in [3.05, 3.63) is 5.69 Å². The van der Waals surface area contributed by atoms with Gasteiger partial charge >= 0.3 is 0 Å². The van der Waals surface area contributed by atoms with E-state index in [-0.39, 0.29) is 6.04 Å². The van der Waals surface area contributed by atoms with E-state index in [1.165, 1.54) is 0 Å². The third-order valence-electron chi connectivity index (χ3n) is 3.15. The van der Waals surface area contributed by atoms with Crippen molar-refractivity contribution in [2.75, 3.05) is 23.7 Å². The summed E-state index contributed by atoms with van der Waals surface area (Å²) in [4.78, 5) is 1.89. The summed E-state index contributed by atoms with van der Waals surface area (Å²) in [6, 6.07) is 0.191. The molecular weight excluding hydrogens is 220 g/mol. The van der Waals surface area contributed by atoms with Gasteiger partial charge in [-0.3, -0.25) is 0 Å². The molecule has 0 bridgehead atoms. The van der Waals surface area contributed by atoms with Crippen LogP contribution in [0.25, 0.3) is 0 Å². The summed E-state index contributed by atoms with van der Waals surface area (Å²) in [7, 11) is 0. The fourth-order valence-electron chi connectivity index (χ4n) is 2.17. The van der Waals surface area contributed by atoms with Gasteiger partial charge in [0.15, 0.2) is 5.82 Å². The Morgan fingerprint density at radius 2 is 1.82 bits per heavy atom. The SMILES string of the molecule is Cc1nn(C(C)C)c(N2CC(O)C(O)C2)c1N. The second-order valence-corrected chi connectivity index (χ2v) is 4.90. The van der Waals surface area contributed by atoms with E-state index in [1.807, 2.05) is 30.4 Å². The van der Waals surface area contributed by atoms with Crippen molar-refractivity contribution in [3.8, 4) is 0 Å². The quantitative estimate of drug-likeness (QED) is 0.671. The van der Waals surface area contributed by atoms with Crippen molar-refractivity contribution in [2.45, 2.75) is 39.0 Å². The Bertz CT molecular complexity index is 406. The van der Waals surface area contributed by atoms with Crippen LogP contribution in [0.5, 0.6) is 0 Å². The van der Waals surface area contributed by atoms with Gasteiger partial charge in [-0.05, 0) is 20.8 Å². The number of aromatic nitrogens is 2. The number of aliphatic hydroxyl groups is 2. The minimum absolute atomic E-state index is 0.191. The lowest BCUT2D eigenvalue weighted by molar-refractivity contribution is 0.0572. The molecule has 1 fully saturated rings. The molecule has 0 aromatic carbocycles. The highest BCUT2D eigenvalue weighted by Crippen LogP contribution is 2.31. The third-order valence-corrected chi connectivity index (χ3v) is 3.15. The number of nitrogens with two attached hydrogens (primary N) is 1. The number of aryl methyl sites for hydroxylation is 1. The number of aliphatic hydroxyl groups excluding tert-OH is 2. The van der Waals surface area contributed by atoms with Gasteiger partial charge in [-0.15, -0.1) is 0 Å². The third kappa shape index (κ3) is 1.98. The maximum Gasteiger partial charge on any atom is 0.151 e. The Labute approximate surface area is 101 Å². The van der Waals surface area contributed by atoms with E-state index in [0.29, 0.717) is 18.8 Å². The van der Waals surface area contributed by atoms with Crippen LogP contribution in [0.2, 0.25) is 0 Å². The number of hydrogen-bond acceptors (Lipinski definition) is 5. The standard InChI is InChI=1S/C11H20N4O2/c1-6(2)15-11(10(12)7(3)13-15)14-4-8(16)9(17)5-14/h6,8-9,16-17H,4-5,12H2,1-3H3. The molecule has 6 nitrogen and oxygen atoms in total. The van der Waals surface area contributed by atoms with Crippen molar-refractivity contribution in [3.63, 3.8) is 0 Å². The predicted molar refractivity (Wildman–Crippen MR) is 66.0 cm³/mol. The van der Waals surface area contributed by atoms with E-state index in [4.69, 9.17) is 5.73 Å². The monoisotopic (exact) mass is 240 g/mol. The Morgan fingerprint density at radius 3 is 2.29 bits per heavy atom. The van der Waals surface area contributed by atoms with E-state index in [2.05, 4.69) is 5.10 Å². The van der Waals surface area contributed by atoms with E-state index in [1.54, 1.807) is 0 Å². The Morgan fingerprint density at radius 1 is 1.29 bits per heavy atom. The first-order valence-electron chi connectivity index (χ1n) is 5.87. The highest BCUT2D eigenvalue weighted by atomic mass is 16.3. The van der Waals surface area contributed by atoms with Crippen LogP contribution < -0.4 is 10.6 Å². The summed E-state index contributed by atoms with van der Waals surface area (Å²) >= 11 is 0. The molecular formula is C11H20N4O2. The van der Waals surface area contributed by atoms with Gasteiger partial charge in [0.05, 0.1) is 23.6 Å². The first-order valence-corrected chi connectivity index (χ1v) is 5.87. The minimum Gasteiger partial charge on any atom is -0.394 e. The van der Waals surface area contributed by atoms with Gasteiger partial charge in [-0.25, -0.2) is 4.68 Å². The van der Waals surface area contributed by atoms with E-state index < -0.39 is 12.2 Å². The lowest BCUT2D eigenvalue weighted by Gasteiger charge is -2.21. The zero-order valence-electron chi connectivity index (χ0n) is 10.5. The molecule has 2 rings (SSSR count). The van der Waals surface area contributed by atoms with Gasteiger partial charge in [0.1, 0.15) is 0 Å². The van der Waals surface area contributed by atoms with Crippen molar-refractivity contribution in [1.82, 2.24) is 9.78 Å². The molecule has 4 N–H and O–H groups in total. The fourth-order valence-corrected chi connectivity index (χ4v) is 2.17. The molecule has 17 heavy (non-hydrogen) atoms. The zero-order chi connectivity index (χ0) is 12.7. The normalized spacial score (nSPS) is 24.9. The molecule has 6 heteroatoms. The van der Waals surface area contributed by atoms with Gasteiger partial charge in [0, 0.05) is 19.1 Å². The lowest BCUT2D eigenvalue weighted by atomic mass is 10.3. The van der Waals surface area contributed by atoms with E-state index in [9.17, 15) is 10.2 Å². The van der Waals surface area contributed by atoms with Gasteiger partial charge < -0.3 is 20.8 Å². The number of rotatable bonds is 2. The summed E-state index contributed by atoms with van der Waals surface area (Å²) in [5, 5.41) is 23.6. The molecule has 0 radical (unpaired) electrons. The molecule has 1 aromatic heterocycles. The van der Waals surface area contributed by atoms with Gasteiger partial charge in [0.25, 0.3) is 0 Å². The Hall–Kier alpha value is -1.27. The molecule has 1 aromatic rings. The summed E-state index contributed by atoms with van der Waals surface area (Å²) in [5.74, 6) is 0.799. The lowest BCUT2D eigenvalue weighted by Crippen LogP contribution is -2.25. The van der Waals surface area contributed by atoms with Crippen molar-refractivity contribution in [1.29, 1.82) is 0 Å². The zero-order valence-corrected chi connectivity index (χ0v) is 10.5. The van der Waals surface area contributed by atoms with Gasteiger partial charge in [-0.1, -0.05) is 0 Å². The molecule has 1 saturated heterocycles. The average molecular weight is 240 g/mol. The van der Waals surface area contributed by atoms with Gasteiger partial charge in [0.2, 0.25) is 0 Å². The topological polar surface area (TPSA) is 87.5 Å². The molecule has 2 heterocycles. The van der Waals surface area contributed by atoms with Crippen LogP contribution >= 0.6 is 0 Å². The number of anilines is 2. The maximum absolute atomic E-state index is 9.59. The van der Waals surface area contributed by atoms with Crippen LogP contribution in [0, 0.1) is 6.92 Å². The van der Waals surface area contributed by atoms with Crippen LogP contribution in [-0.2, 0) is 0 Å². The predicted octanol–water partition coefficient (Wildman–Crippen LogP) is -0.104. The van der Waals surface area contributed by atoms with Crippen LogP contribution in [0.3, 0.4) is 0 Å². The molecule has 2 unspecified atom stereocenters. The second kappa shape index (κ2) is 4.19. The molecule has 0 spiro atoms. The van der Waals surface area contributed by atoms with Crippen molar-refractivity contribution >= 4 is 11.5 Å². The van der Waals surface area contributed by atoms with Crippen molar-refractivity contribution < 1.29 is 10.2 Å². The van der Waals surface area contributed by atoms with Crippen LogP contribution in [0.4, 0.5) is 11.5 Å². The number of nitrogens with zero attached hydrogens (tertiary/aromatic N) is 3. The number of β-amino-alcohol motifs (C(OH)–C–C–N with tert-alkyl or cyclic N) is 2. The molecule has 96 valence electrons. The number of hydrogen-bond donors (Lipinski definition) is 3. The smallest absolute Gasteiger partial charge is 0.151 e. The largest absolute Gasteiger partial charge is 0.394 e. The Balaban J connectivity index is 2.38. The summed E-state index contributed by atoms with van der Waals surface area (Å²) in [5.41, 5.74) is 7.43. The summed E-state index contributed by atoms with van der Waals surface area (Å²) in [6.07, 6.45) is -1.43. The van der Waals surface area contributed by atoms with E-state index >= 15 is 0 Å². The summed E-state index contributed by atoms with van der Waals surface area (Å²) < 4.78 is 1.84. The highest BCUT2D eigenvalue weighted by molar-refractivity contribution is 5.67. The second-order valence-electron chi connectivity index (χ2n) is 4.90. The molecule has 0 amide bonds. The number of nitrogen functional groups attached to an aromatic ring is 1. The van der Waals surface area contributed by atoms with E-state index in [0.717, 1.165) is 11.5 Å². The van der Waals surface area contributed by atoms with Crippen LogP contribution in [-0.4, -0.2) is 45.3 Å². The molecule has 0 aliphatic carbocycles. The van der Waals surface area contributed by atoms with Crippen LogP contribution in [0.1, 0.15) is 25.6 Å². The first-order chi connectivity index (χ1) is 7.91. The molecule has 1 aliphatic heterocycles. The Kier molecular flexibility index (Phi) is 3.01. The molecule has 1 aliphatic rings. The highest BCUT2D eigenvalue weighted by Gasteiger charge is 2.33. The van der Waals surface area contributed by atoms with Gasteiger partial charge in [-0.2, -0.15) is 5.10 Å². The van der Waals surface area contributed by atoms with Crippen molar-refractivity contribution in [2.24, 2.45) is 0 Å². The fraction of sp³-hybridized carbons (Fsp3) is 0.727. The van der Waals surface area contributed by atoms with Crippen LogP contribution in [0.15, 0.2) is 0 Å². The molecule has 2 atom stereocenters. The first kappa shape index (κ1) is 12.2. The minimum atomic E-state index is -0.717. The average Bonchev–Trinajstić information content (AvgIpc) is 2.71.